The van der Waals surface area contributed by atoms with E-state index in [1.165, 1.54) is 5.56 Å². The van der Waals surface area contributed by atoms with Gasteiger partial charge in [0.15, 0.2) is 0 Å². The Labute approximate surface area is 120 Å². The van der Waals surface area contributed by atoms with Gasteiger partial charge in [-0.1, -0.05) is 19.1 Å². The summed E-state index contributed by atoms with van der Waals surface area (Å²) in [6.07, 6.45) is 1.03. The monoisotopic (exact) mass is 271 g/mol. The molecule has 0 saturated heterocycles. The summed E-state index contributed by atoms with van der Waals surface area (Å²) in [5.41, 5.74) is 3.23. The molecule has 0 spiro atoms. The minimum Gasteiger partial charge on any atom is -0.439 e. The average Bonchev–Trinajstić information content (AvgIpc) is 2.41. The summed E-state index contributed by atoms with van der Waals surface area (Å²) in [6, 6.07) is 7.86. The van der Waals surface area contributed by atoms with E-state index in [9.17, 15) is 0 Å². The van der Waals surface area contributed by atoms with Crippen LogP contribution in [0, 0.1) is 20.8 Å². The van der Waals surface area contributed by atoms with Crippen LogP contribution in [0.2, 0.25) is 0 Å². The standard InChI is InChI=1S/C16H21N3O/c1-5-9-17-16-18-12(3)10-15(19-16)20-14-8-6-7-11(2)13(14)4/h6-8,10H,5,9H2,1-4H3,(H,17,18,19). The summed E-state index contributed by atoms with van der Waals surface area (Å²) < 4.78 is 5.90. The third-order valence-corrected chi connectivity index (χ3v) is 3.13. The molecular weight excluding hydrogens is 250 g/mol. The van der Waals surface area contributed by atoms with Crippen molar-refractivity contribution in [1.82, 2.24) is 9.97 Å². The maximum Gasteiger partial charge on any atom is 0.226 e. The molecule has 2 aromatic rings. The lowest BCUT2D eigenvalue weighted by atomic mass is 10.1. The van der Waals surface area contributed by atoms with Gasteiger partial charge in [-0.15, -0.1) is 0 Å². The number of rotatable bonds is 5. The Morgan fingerprint density at radius 3 is 2.70 bits per heavy atom. The van der Waals surface area contributed by atoms with Crippen LogP contribution in [-0.2, 0) is 0 Å². The van der Waals surface area contributed by atoms with Gasteiger partial charge in [-0.05, 0) is 44.4 Å². The number of benzene rings is 1. The van der Waals surface area contributed by atoms with Crippen molar-refractivity contribution >= 4 is 5.95 Å². The summed E-state index contributed by atoms with van der Waals surface area (Å²) in [4.78, 5) is 8.74. The molecule has 0 aliphatic rings. The van der Waals surface area contributed by atoms with Crippen molar-refractivity contribution in [3.05, 3.63) is 41.1 Å². The van der Waals surface area contributed by atoms with E-state index in [-0.39, 0.29) is 0 Å². The molecule has 20 heavy (non-hydrogen) atoms. The van der Waals surface area contributed by atoms with E-state index in [0.717, 1.165) is 30.0 Å². The third kappa shape index (κ3) is 3.47. The molecule has 0 atom stereocenters. The van der Waals surface area contributed by atoms with Crippen molar-refractivity contribution in [3.63, 3.8) is 0 Å². The van der Waals surface area contributed by atoms with E-state index in [0.29, 0.717) is 11.8 Å². The lowest BCUT2D eigenvalue weighted by Crippen LogP contribution is -2.06. The quantitative estimate of drug-likeness (QED) is 0.892. The Balaban J connectivity index is 2.24. The Bertz CT molecular complexity index is 596. The summed E-state index contributed by atoms with van der Waals surface area (Å²) in [6.45, 7) is 9.02. The minimum atomic E-state index is 0.574. The van der Waals surface area contributed by atoms with Crippen molar-refractivity contribution < 1.29 is 4.74 Å². The highest BCUT2D eigenvalue weighted by Crippen LogP contribution is 2.26. The van der Waals surface area contributed by atoms with Gasteiger partial charge >= 0.3 is 0 Å². The number of nitrogens with zero attached hydrogens (tertiary/aromatic N) is 2. The number of aryl methyl sites for hydroxylation is 2. The molecule has 2 rings (SSSR count). The van der Waals surface area contributed by atoms with E-state index in [4.69, 9.17) is 4.74 Å². The second-order valence-electron chi connectivity index (χ2n) is 4.90. The van der Waals surface area contributed by atoms with Crippen LogP contribution in [0.4, 0.5) is 5.95 Å². The first kappa shape index (κ1) is 14.3. The predicted octanol–water partition coefficient (Wildman–Crippen LogP) is 4.02. The predicted molar refractivity (Wildman–Crippen MR) is 81.5 cm³/mol. The average molecular weight is 271 g/mol. The number of hydrogen-bond donors (Lipinski definition) is 1. The zero-order chi connectivity index (χ0) is 14.5. The van der Waals surface area contributed by atoms with E-state index in [1.54, 1.807) is 0 Å². The highest BCUT2D eigenvalue weighted by atomic mass is 16.5. The van der Waals surface area contributed by atoms with E-state index in [1.807, 2.05) is 25.1 Å². The Morgan fingerprint density at radius 1 is 1.15 bits per heavy atom. The molecule has 1 aromatic carbocycles. The number of anilines is 1. The van der Waals surface area contributed by atoms with Crippen LogP contribution in [0.25, 0.3) is 0 Å². The molecule has 1 N–H and O–H groups in total. The molecule has 0 aliphatic heterocycles. The van der Waals surface area contributed by atoms with Gasteiger partial charge in [-0.25, -0.2) is 4.98 Å². The van der Waals surface area contributed by atoms with Gasteiger partial charge in [-0.2, -0.15) is 4.98 Å². The van der Waals surface area contributed by atoms with Gasteiger partial charge in [0.05, 0.1) is 0 Å². The Hall–Kier alpha value is -2.10. The van der Waals surface area contributed by atoms with Gasteiger partial charge in [0, 0.05) is 18.3 Å². The number of ether oxygens (including phenoxy) is 1. The van der Waals surface area contributed by atoms with Crippen LogP contribution in [0.1, 0.15) is 30.2 Å². The molecular formula is C16H21N3O. The van der Waals surface area contributed by atoms with Crippen LogP contribution < -0.4 is 10.1 Å². The fourth-order valence-corrected chi connectivity index (χ4v) is 1.86. The molecule has 4 heteroatoms. The molecule has 0 fully saturated rings. The van der Waals surface area contributed by atoms with Crippen molar-refractivity contribution in [1.29, 1.82) is 0 Å². The second-order valence-corrected chi connectivity index (χ2v) is 4.90. The van der Waals surface area contributed by atoms with Crippen LogP contribution >= 0.6 is 0 Å². The minimum absolute atomic E-state index is 0.574. The van der Waals surface area contributed by atoms with E-state index >= 15 is 0 Å². The molecule has 0 bridgehead atoms. The largest absolute Gasteiger partial charge is 0.439 e. The van der Waals surface area contributed by atoms with Crippen molar-refractivity contribution in [2.24, 2.45) is 0 Å². The molecule has 1 aromatic heterocycles. The van der Waals surface area contributed by atoms with E-state index < -0.39 is 0 Å². The molecule has 0 saturated carbocycles. The molecule has 0 radical (unpaired) electrons. The first-order valence-corrected chi connectivity index (χ1v) is 6.93. The van der Waals surface area contributed by atoms with Crippen LogP contribution in [0.5, 0.6) is 11.6 Å². The molecule has 0 aliphatic carbocycles. The van der Waals surface area contributed by atoms with Gasteiger partial charge in [0.25, 0.3) is 0 Å². The smallest absolute Gasteiger partial charge is 0.226 e. The number of nitrogens with one attached hydrogen (secondary N) is 1. The van der Waals surface area contributed by atoms with Crippen LogP contribution in [-0.4, -0.2) is 16.5 Å². The van der Waals surface area contributed by atoms with E-state index in [2.05, 4.69) is 42.1 Å². The normalized spacial score (nSPS) is 10.4. The summed E-state index contributed by atoms with van der Waals surface area (Å²) in [7, 11) is 0. The first-order chi connectivity index (χ1) is 9.60. The molecule has 0 unspecified atom stereocenters. The topological polar surface area (TPSA) is 47.0 Å². The Morgan fingerprint density at radius 2 is 1.95 bits per heavy atom. The van der Waals surface area contributed by atoms with Crippen LogP contribution in [0.3, 0.4) is 0 Å². The highest BCUT2D eigenvalue weighted by molar-refractivity contribution is 5.41. The number of aromatic nitrogens is 2. The SMILES string of the molecule is CCCNc1nc(C)cc(Oc2cccc(C)c2C)n1. The fraction of sp³-hybridized carbons (Fsp3) is 0.375. The fourth-order valence-electron chi connectivity index (χ4n) is 1.86. The van der Waals surface area contributed by atoms with Crippen molar-refractivity contribution in [2.45, 2.75) is 34.1 Å². The van der Waals surface area contributed by atoms with Crippen molar-refractivity contribution in [3.8, 4) is 11.6 Å². The Kier molecular flexibility index (Phi) is 4.56. The van der Waals surface area contributed by atoms with Gasteiger partial charge in [0.1, 0.15) is 5.75 Å². The maximum atomic E-state index is 5.90. The first-order valence-electron chi connectivity index (χ1n) is 6.93. The number of hydrogen-bond acceptors (Lipinski definition) is 4. The van der Waals surface area contributed by atoms with Gasteiger partial charge in [-0.3, -0.25) is 0 Å². The molecule has 106 valence electrons. The zero-order valence-corrected chi connectivity index (χ0v) is 12.5. The third-order valence-electron chi connectivity index (χ3n) is 3.13. The molecule has 1 heterocycles. The van der Waals surface area contributed by atoms with Gasteiger partial charge < -0.3 is 10.1 Å². The summed E-state index contributed by atoms with van der Waals surface area (Å²) >= 11 is 0. The van der Waals surface area contributed by atoms with Gasteiger partial charge in [0.2, 0.25) is 11.8 Å². The lowest BCUT2D eigenvalue weighted by Gasteiger charge is -2.11. The van der Waals surface area contributed by atoms with Crippen molar-refractivity contribution in [2.75, 3.05) is 11.9 Å². The maximum absolute atomic E-state index is 5.90. The molecule has 4 nitrogen and oxygen atoms in total. The second kappa shape index (κ2) is 6.37. The highest BCUT2D eigenvalue weighted by Gasteiger charge is 2.07. The lowest BCUT2D eigenvalue weighted by molar-refractivity contribution is 0.457. The van der Waals surface area contributed by atoms with Crippen LogP contribution in [0.15, 0.2) is 24.3 Å². The summed E-state index contributed by atoms with van der Waals surface area (Å²) in [5, 5.41) is 3.19. The zero-order valence-electron chi connectivity index (χ0n) is 12.5. The molecule has 0 amide bonds. The summed E-state index contributed by atoms with van der Waals surface area (Å²) in [5.74, 6) is 2.03.